The minimum Gasteiger partial charge on any atom is -0.379 e. The Hall–Kier alpha value is -1.41. The van der Waals surface area contributed by atoms with E-state index in [2.05, 4.69) is 17.9 Å². The molecule has 2 unspecified atom stereocenters. The Bertz CT molecular complexity index is 428. The van der Waals surface area contributed by atoms with Gasteiger partial charge in [0.1, 0.15) is 5.54 Å². The summed E-state index contributed by atoms with van der Waals surface area (Å²) < 4.78 is 5.40. The first-order chi connectivity index (χ1) is 8.65. The highest BCUT2D eigenvalue weighted by molar-refractivity contribution is 5.31. The first kappa shape index (κ1) is 13.0. The molecule has 0 spiro atoms. The van der Waals surface area contributed by atoms with Gasteiger partial charge in [-0.1, -0.05) is 30.3 Å². The highest BCUT2D eigenvalue weighted by Gasteiger charge is 2.32. The molecular weight excluding hydrogens is 226 g/mol. The van der Waals surface area contributed by atoms with Crippen LogP contribution in [-0.2, 0) is 10.3 Å². The van der Waals surface area contributed by atoms with Gasteiger partial charge in [-0.2, -0.15) is 5.26 Å². The number of hydrogen-bond donors (Lipinski definition) is 1. The van der Waals surface area contributed by atoms with E-state index in [-0.39, 0.29) is 0 Å². The van der Waals surface area contributed by atoms with Gasteiger partial charge in [0.25, 0.3) is 0 Å². The third-order valence-electron chi connectivity index (χ3n) is 3.45. The Kier molecular flexibility index (Phi) is 3.97. The Morgan fingerprint density at radius 2 is 2.22 bits per heavy atom. The second-order valence-electron chi connectivity index (χ2n) is 4.84. The summed E-state index contributed by atoms with van der Waals surface area (Å²) in [4.78, 5) is 2.22. The smallest absolute Gasteiger partial charge is 0.142 e. The standard InChI is InChI=1S/C14H19N3O/c1-12-9-18-8-7-17(12)11-14(16,10-15)13-5-3-2-4-6-13/h2-6,12H,7-9,11,16H2,1H3. The summed E-state index contributed by atoms with van der Waals surface area (Å²) >= 11 is 0. The van der Waals surface area contributed by atoms with E-state index in [1.807, 2.05) is 30.3 Å². The molecule has 1 aliphatic heterocycles. The number of nitrogens with zero attached hydrogens (tertiary/aromatic N) is 2. The molecule has 1 aromatic carbocycles. The molecule has 96 valence electrons. The van der Waals surface area contributed by atoms with Crippen molar-refractivity contribution in [3.8, 4) is 6.07 Å². The number of benzene rings is 1. The molecule has 0 saturated carbocycles. The average molecular weight is 245 g/mol. The van der Waals surface area contributed by atoms with Crippen LogP contribution in [0.25, 0.3) is 0 Å². The van der Waals surface area contributed by atoms with Gasteiger partial charge in [0.15, 0.2) is 0 Å². The second-order valence-corrected chi connectivity index (χ2v) is 4.84. The number of hydrogen-bond acceptors (Lipinski definition) is 4. The van der Waals surface area contributed by atoms with E-state index in [1.165, 1.54) is 0 Å². The van der Waals surface area contributed by atoms with Crippen LogP contribution in [0.15, 0.2) is 30.3 Å². The van der Waals surface area contributed by atoms with Crippen LogP contribution < -0.4 is 5.73 Å². The number of rotatable bonds is 3. The van der Waals surface area contributed by atoms with Crippen molar-refractivity contribution in [3.63, 3.8) is 0 Å². The van der Waals surface area contributed by atoms with Crippen LogP contribution >= 0.6 is 0 Å². The summed E-state index contributed by atoms with van der Waals surface area (Å²) in [5.41, 5.74) is 6.18. The van der Waals surface area contributed by atoms with Crippen LogP contribution in [0.4, 0.5) is 0 Å². The third kappa shape index (κ3) is 2.70. The van der Waals surface area contributed by atoms with Crippen LogP contribution in [0.2, 0.25) is 0 Å². The van der Waals surface area contributed by atoms with Crippen molar-refractivity contribution < 1.29 is 4.74 Å². The highest BCUT2D eigenvalue weighted by Crippen LogP contribution is 2.20. The van der Waals surface area contributed by atoms with Crippen LogP contribution in [0.1, 0.15) is 12.5 Å². The summed E-state index contributed by atoms with van der Waals surface area (Å²) in [6.07, 6.45) is 0. The van der Waals surface area contributed by atoms with Crippen molar-refractivity contribution in [1.29, 1.82) is 5.26 Å². The van der Waals surface area contributed by atoms with Gasteiger partial charge in [0.2, 0.25) is 0 Å². The fraction of sp³-hybridized carbons (Fsp3) is 0.500. The first-order valence-corrected chi connectivity index (χ1v) is 6.23. The van der Waals surface area contributed by atoms with Crippen LogP contribution in [0.3, 0.4) is 0 Å². The van der Waals surface area contributed by atoms with Crippen molar-refractivity contribution in [2.45, 2.75) is 18.5 Å². The number of nitriles is 1. The molecule has 2 rings (SSSR count). The van der Waals surface area contributed by atoms with E-state index in [0.717, 1.165) is 12.1 Å². The van der Waals surface area contributed by atoms with E-state index >= 15 is 0 Å². The molecule has 0 aromatic heterocycles. The molecule has 0 bridgehead atoms. The molecule has 2 N–H and O–H groups in total. The Morgan fingerprint density at radius 3 is 2.83 bits per heavy atom. The fourth-order valence-corrected chi connectivity index (χ4v) is 2.24. The Balaban J connectivity index is 2.16. The number of morpholine rings is 1. The van der Waals surface area contributed by atoms with E-state index in [4.69, 9.17) is 10.5 Å². The zero-order valence-electron chi connectivity index (χ0n) is 10.7. The van der Waals surface area contributed by atoms with Gasteiger partial charge >= 0.3 is 0 Å². The van der Waals surface area contributed by atoms with Gasteiger partial charge in [0, 0.05) is 19.1 Å². The topological polar surface area (TPSA) is 62.3 Å². The van der Waals surface area contributed by atoms with Crippen LogP contribution in [0.5, 0.6) is 0 Å². The monoisotopic (exact) mass is 245 g/mol. The van der Waals surface area contributed by atoms with E-state index in [9.17, 15) is 5.26 Å². The molecule has 0 radical (unpaired) electrons. The van der Waals surface area contributed by atoms with Crippen LogP contribution in [0, 0.1) is 11.3 Å². The van der Waals surface area contributed by atoms with E-state index in [0.29, 0.717) is 25.8 Å². The maximum absolute atomic E-state index is 9.42. The Morgan fingerprint density at radius 1 is 1.50 bits per heavy atom. The van der Waals surface area contributed by atoms with Gasteiger partial charge in [0.05, 0.1) is 19.3 Å². The largest absolute Gasteiger partial charge is 0.379 e. The summed E-state index contributed by atoms with van der Waals surface area (Å²) in [6.45, 7) is 4.88. The molecule has 1 aliphatic rings. The van der Waals surface area contributed by atoms with E-state index < -0.39 is 5.54 Å². The van der Waals surface area contributed by atoms with Gasteiger partial charge in [-0.3, -0.25) is 4.90 Å². The predicted molar refractivity (Wildman–Crippen MR) is 69.8 cm³/mol. The highest BCUT2D eigenvalue weighted by atomic mass is 16.5. The SMILES string of the molecule is CC1COCCN1CC(N)(C#N)c1ccccc1. The Labute approximate surface area is 108 Å². The molecule has 1 fully saturated rings. The minimum absolute atomic E-state index is 0.304. The zero-order chi connectivity index (χ0) is 13.0. The molecule has 18 heavy (non-hydrogen) atoms. The molecule has 0 aliphatic carbocycles. The van der Waals surface area contributed by atoms with Crippen molar-refractivity contribution >= 4 is 0 Å². The molecule has 2 atom stereocenters. The van der Waals surface area contributed by atoms with Gasteiger partial charge in [-0.05, 0) is 12.5 Å². The fourth-order valence-electron chi connectivity index (χ4n) is 2.24. The summed E-state index contributed by atoms with van der Waals surface area (Å²) in [7, 11) is 0. The second kappa shape index (κ2) is 5.49. The number of ether oxygens (including phenoxy) is 1. The molecule has 0 amide bonds. The lowest BCUT2D eigenvalue weighted by Gasteiger charge is -2.37. The molecule has 1 saturated heterocycles. The first-order valence-electron chi connectivity index (χ1n) is 6.23. The van der Waals surface area contributed by atoms with Crippen molar-refractivity contribution in [3.05, 3.63) is 35.9 Å². The van der Waals surface area contributed by atoms with Crippen molar-refractivity contribution in [2.75, 3.05) is 26.3 Å². The zero-order valence-corrected chi connectivity index (χ0v) is 10.7. The molecule has 1 heterocycles. The lowest BCUT2D eigenvalue weighted by molar-refractivity contribution is -0.00669. The van der Waals surface area contributed by atoms with Crippen molar-refractivity contribution in [1.82, 2.24) is 4.90 Å². The summed E-state index contributed by atoms with van der Waals surface area (Å²) in [5.74, 6) is 0. The minimum atomic E-state index is -0.952. The lowest BCUT2D eigenvalue weighted by atomic mass is 9.91. The van der Waals surface area contributed by atoms with Crippen molar-refractivity contribution in [2.24, 2.45) is 5.73 Å². The predicted octanol–water partition coefficient (Wildman–Crippen LogP) is 1.08. The van der Waals surface area contributed by atoms with Gasteiger partial charge in [-0.15, -0.1) is 0 Å². The normalized spacial score (nSPS) is 24.2. The average Bonchev–Trinajstić information content (AvgIpc) is 2.42. The van der Waals surface area contributed by atoms with E-state index in [1.54, 1.807) is 0 Å². The molecule has 4 heteroatoms. The lowest BCUT2D eigenvalue weighted by Crippen LogP contribution is -2.53. The molecule has 1 aromatic rings. The third-order valence-corrected chi connectivity index (χ3v) is 3.45. The van der Waals surface area contributed by atoms with Gasteiger partial charge in [-0.25, -0.2) is 0 Å². The maximum Gasteiger partial charge on any atom is 0.142 e. The number of nitrogens with two attached hydrogens (primary N) is 1. The molecular formula is C14H19N3O. The summed E-state index contributed by atoms with van der Waals surface area (Å²) in [5, 5.41) is 9.42. The van der Waals surface area contributed by atoms with Gasteiger partial charge < -0.3 is 10.5 Å². The quantitative estimate of drug-likeness (QED) is 0.865. The summed E-state index contributed by atoms with van der Waals surface area (Å²) in [6, 6.07) is 12.1. The maximum atomic E-state index is 9.42. The molecule has 4 nitrogen and oxygen atoms in total. The van der Waals surface area contributed by atoms with Crippen LogP contribution in [-0.4, -0.2) is 37.2 Å².